The normalized spacial score (nSPS) is 17.1. The van der Waals surface area contributed by atoms with E-state index in [0.717, 1.165) is 24.1 Å². The molecule has 2 aromatic rings. The van der Waals surface area contributed by atoms with E-state index in [-0.39, 0.29) is 11.9 Å². The molecule has 3 amide bonds. The number of nitrogens with zero attached hydrogens (tertiary/aromatic N) is 3. The SMILES string of the molecule is O=C(NCc1ccccc1)c1cc2n(n1)CCN(C(=O)NC1CCCCC1)C2. The standard InChI is InChI=1S/C21H27N5O2/c27-20(22-14-16-7-3-1-4-8-16)19-13-18-15-25(11-12-26(18)24-19)21(28)23-17-9-5-2-6-10-17/h1,3-4,7-8,13,17H,2,5-6,9-12,14-15H2,(H,22,27)(H,23,28). The van der Waals surface area contributed by atoms with Gasteiger partial charge in [0.1, 0.15) is 0 Å². The predicted octanol–water partition coefficient (Wildman–Crippen LogP) is 2.67. The summed E-state index contributed by atoms with van der Waals surface area (Å²) in [7, 11) is 0. The monoisotopic (exact) mass is 381 g/mol. The van der Waals surface area contributed by atoms with Crippen LogP contribution in [0, 0.1) is 0 Å². The van der Waals surface area contributed by atoms with Crippen LogP contribution in [-0.4, -0.2) is 39.2 Å². The Morgan fingerprint density at radius 2 is 1.86 bits per heavy atom. The summed E-state index contributed by atoms with van der Waals surface area (Å²) in [5, 5.41) is 10.5. The van der Waals surface area contributed by atoms with E-state index in [2.05, 4.69) is 15.7 Å². The summed E-state index contributed by atoms with van der Waals surface area (Å²) in [6.45, 7) is 2.17. The number of fused-ring (bicyclic) bond motifs is 1. The molecule has 1 fully saturated rings. The lowest BCUT2D eigenvalue weighted by Gasteiger charge is -2.31. The molecule has 0 unspecified atom stereocenters. The maximum Gasteiger partial charge on any atom is 0.318 e. The topological polar surface area (TPSA) is 79.3 Å². The number of amides is 3. The van der Waals surface area contributed by atoms with Gasteiger partial charge >= 0.3 is 6.03 Å². The van der Waals surface area contributed by atoms with Gasteiger partial charge in [0.05, 0.1) is 18.8 Å². The summed E-state index contributed by atoms with van der Waals surface area (Å²) in [4.78, 5) is 26.8. The fourth-order valence-corrected chi connectivity index (χ4v) is 3.93. The average Bonchev–Trinajstić information content (AvgIpc) is 3.17. The van der Waals surface area contributed by atoms with Crippen molar-refractivity contribution in [3.8, 4) is 0 Å². The minimum Gasteiger partial charge on any atom is -0.347 e. The Morgan fingerprint density at radius 3 is 2.64 bits per heavy atom. The van der Waals surface area contributed by atoms with Gasteiger partial charge < -0.3 is 15.5 Å². The molecule has 28 heavy (non-hydrogen) atoms. The predicted molar refractivity (Wildman–Crippen MR) is 106 cm³/mol. The lowest BCUT2D eigenvalue weighted by molar-refractivity contribution is 0.0944. The Hall–Kier alpha value is -2.83. The van der Waals surface area contributed by atoms with Gasteiger partial charge in [0.15, 0.2) is 5.69 Å². The zero-order valence-electron chi connectivity index (χ0n) is 16.1. The summed E-state index contributed by atoms with van der Waals surface area (Å²) in [6, 6.07) is 11.9. The number of carbonyl (C=O) groups is 2. The van der Waals surface area contributed by atoms with Gasteiger partial charge in [-0.25, -0.2) is 4.79 Å². The highest BCUT2D eigenvalue weighted by molar-refractivity contribution is 5.92. The Bertz CT molecular complexity index is 827. The van der Waals surface area contributed by atoms with Crippen molar-refractivity contribution in [1.29, 1.82) is 0 Å². The first-order chi connectivity index (χ1) is 13.7. The summed E-state index contributed by atoms with van der Waals surface area (Å²) >= 11 is 0. The smallest absolute Gasteiger partial charge is 0.318 e. The van der Waals surface area contributed by atoms with E-state index >= 15 is 0 Å². The van der Waals surface area contributed by atoms with Crippen LogP contribution in [0.25, 0.3) is 0 Å². The fourth-order valence-electron chi connectivity index (χ4n) is 3.93. The largest absolute Gasteiger partial charge is 0.347 e. The molecule has 7 heteroatoms. The van der Waals surface area contributed by atoms with Crippen LogP contribution in [-0.2, 0) is 19.6 Å². The molecule has 7 nitrogen and oxygen atoms in total. The van der Waals surface area contributed by atoms with Crippen molar-refractivity contribution in [3.63, 3.8) is 0 Å². The van der Waals surface area contributed by atoms with Crippen molar-refractivity contribution < 1.29 is 9.59 Å². The zero-order valence-corrected chi connectivity index (χ0v) is 16.1. The molecule has 148 valence electrons. The Balaban J connectivity index is 1.33. The van der Waals surface area contributed by atoms with Crippen molar-refractivity contribution >= 4 is 11.9 Å². The van der Waals surface area contributed by atoms with E-state index in [1.807, 2.05) is 39.9 Å². The first-order valence-electron chi connectivity index (χ1n) is 10.1. The number of hydrogen-bond donors (Lipinski definition) is 2. The highest BCUT2D eigenvalue weighted by Crippen LogP contribution is 2.19. The van der Waals surface area contributed by atoms with Crippen LogP contribution >= 0.6 is 0 Å². The number of nitrogens with one attached hydrogen (secondary N) is 2. The van der Waals surface area contributed by atoms with E-state index < -0.39 is 0 Å². The molecule has 1 saturated carbocycles. The molecule has 0 saturated heterocycles. The number of benzene rings is 1. The molecule has 2 heterocycles. The van der Waals surface area contributed by atoms with Crippen molar-refractivity contribution in [1.82, 2.24) is 25.3 Å². The molecule has 1 aliphatic heterocycles. The second-order valence-electron chi connectivity index (χ2n) is 7.62. The van der Waals surface area contributed by atoms with Gasteiger partial charge in [0, 0.05) is 19.1 Å². The van der Waals surface area contributed by atoms with Crippen molar-refractivity contribution in [3.05, 3.63) is 53.3 Å². The van der Waals surface area contributed by atoms with E-state index in [1.165, 1.54) is 19.3 Å². The maximum atomic E-state index is 12.6. The lowest BCUT2D eigenvalue weighted by atomic mass is 9.96. The minimum atomic E-state index is -0.191. The van der Waals surface area contributed by atoms with E-state index in [0.29, 0.717) is 37.9 Å². The van der Waals surface area contributed by atoms with Gasteiger partial charge in [-0.1, -0.05) is 49.6 Å². The Kier molecular flexibility index (Phi) is 5.60. The van der Waals surface area contributed by atoms with Crippen LogP contribution in [0.5, 0.6) is 0 Å². The van der Waals surface area contributed by atoms with Crippen LogP contribution in [0.3, 0.4) is 0 Å². The van der Waals surface area contributed by atoms with Crippen molar-refractivity contribution in [2.75, 3.05) is 6.54 Å². The second-order valence-corrected chi connectivity index (χ2v) is 7.62. The van der Waals surface area contributed by atoms with Crippen LogP contribution < -0.4 is 10.6 Å². The molecule has 1 aromatic carbocycles. The van der Waals surface area contributed by atoms with Crippen LogP contribution in [0.4, 0.5) is 4.79 Å². The molecule has 1 aromatic heterocycles. The number of urea groups is 1. The van der Waals surface area contributed by atoms with Crippen LogP contribution in [0.1, 0.15) is 53.8 Å². The average molecular weight is 381 g/mol. The summed E-state index contributed by atoms with van der Waals surface area (Å²) in [5.41, 5.74) is 2.35. The first kappa shape index (κ1) is 18.5. The zero-order chi connectivity index (χ0) is 19.3. The third-order valence-electron chi connectivity index (χ3n) is 5.55. The summed E-state index contributed by atoms with van der Waals surface area (Å²) < 4.78 is 1.84. The molecule has 0 bridgehead atoms. The number of rotatable bonds is 4. The van der Waals surface area contributed by atoms with E-state index in [9.17, 15) is 9.59 Å². The van der Waals surface area contributed by atoms with Gasteiger partial charge in [-0.05, 0) is 24.5 Å². The maximum absolute atomic E-state index is 12.6. The first-order valence-corrected chi connectivity index (χ1v) is 10.1. The van der Waals surface area contributed by atoms with Gasteiger partial charge in [-0.2, -0.15) is 5.10 Å². The van der Waals surface area contributed by atoms with E-state index in [4.69, 9.17) is 0 Å². The Labute approximate surface area is 165 Å². The third-order valence-corrected chi connectivity index (χ3v) is 5.55. The second kappa shape index (κ2) is 8.46. The molecular formula is C21H27N5O2. The molecule has 0 spiro atoms. The van der Waals surface area contributed by atoms with Crippen LogP contribution in [0.2, 0.25) is 0 Å². The number of hydrogen-bond acceptors (Lipinski definition) is 3. The molecule has 0 radical (unpaired) electrons. The minimum absolute atomic E-state index is 0.00516. The quantitative estimate of drug-likeness (QED) is 0.855. The molecule has 1 aliphatic carbocycles. The van der Waals surface area contributed by atoms with Gasteiger partial charge in [-0.15, -0.1) is 0 Å². The number of aromatic nitrogens is 2. The third kappa shape index (κ3) is 4.35. The highest BCUT2D eigenvalue weighted by Gasteiger charge is 2.25. The van der Waals surface area contributed by atoms with E-state index in [1.54, 1.807) is 6.07 Å². The summed E-state index contributed by atoms with van der Waals surface area (Å²) in [5.74, 6) is -0.191. The van der Waals surface area contributed by atoms with Crippen LogP contribution in [0.15, 0.2) is 36.4 Å². The highest BCUT2D eigenvalue weighted by atomic mass is 16.2. The number of carbonyl (C=O) groups excluding carboxylic acids is 2. The molecule has 4 rings (SSSR count). The molecular weight excluding hydrogens is 354 g/mol. The van der Waals surface area contributed by atoms with Gasteiger partial charge in [0.25, 0.3) is 5.91 Å². The van der Waals surface area contributed by atoms with Crippen molar-refractivity contribution in [2.45, 2.75) is 57.8 Å². The Morgan fingerprint density at radius 1 is 1.07 bits per heavy atom. The van der Waals surface area contributed by atoms with Crippen molar-refractivity contribution in [2.24, 2.45) is 0 Å². The van der Waals surface area contributed by atoms with Gasteiger partial charge in [-0.3, -0.25) is 9.48 Å². The fraction of sp³-hybridized carbons (Fsp3) is 0.476. The summed E-state index contributed by atoms with van der Waals surface area (Å²) in [6.07, 6.45) is 5.80. The molecule has 2 N–H and O–H groups in total. The lowest BCUT2D eigenvalue weighted by Crippen LogP contribution is -2.48. The molecule has 2 aliphatic rings. The van der Waals surface area contributed by atoms with Gasteiger partial charge in [0.2, 0.25) is 0 Å². The molecule has 0 atom stereocenters.